The lowest BCUT2D eigenvalue weighted by Gasteiger charge is -2.19. The predicted octanol–water partition coefficient (Wildman–Crippen LogP) is 13.6. The number of hydrogen-bond donors (Lipinski definition) is 3. The average Bonchev–Trinajstić information content (AvgIpc) is 3.25. The summed E-state index contributed by atoms with van der Waals surface area (Å²) >= 11 is 0. The lowest BCUT2D eigenvalue weighted by atomic mass is 10.0. The number of aliphatic hydroxyl groups excluding tert-OH is 1. The number of carbonyl (C=O) groups excluding carboxylic acids is 2. The molecule has 0 rings (SSSR count). The van der Waals surface area contributed by atoms with Gasteiger partial charge in [-0.15, -0.1) is 0 Å². The van der Waals surface area contributed by atoms with Gasteiger partial charge in [-0.25, -0.2) is 4.57 Å². The lowest BCUT2D eigenvalue weighted by molar-refractivity contribution is -0.161. The van der Waals surface area contributed by atoms with Crippen LogP contribution in [0.4, 0.5) is 0 Å². The van der Waals surface area contributed by atoms with Crippen molar-refractivity contribution in [3.63, 3.8) is 0 Å². The molecule has 0 aliphatic carbocycles. The van der Waals surface area contributed by atoms with E-state index in [2.05, 4.69) is 38.2 Å². The van der Waals surface area contributed by atoms with Gasteiger partial charge in [-0.2, -0.15) is 0 Å². The van der Waals surface area contributed by atoms with Crippen molar-refractivity contribution in [3.05, 3.63) is 72.9 Å². The minimum absolute atomic E-state index is 0.0332. The molecule has 4 N–H and O–H groups in total. The van der Waals surface area contributed by atoms with Crippen molar-refractivity contribution in [2.45, 2.75) is 212 Å². The van der Waals surface area contributed by atoms with Crippen molar-refractivity contribution in [3.8, 4) is 0 Å². The van der Waals surface area contributed by atoms with Gasteiger partial charge < -0.3 is 25.2 Å². The Labute approximate surface area is 378 Å². The van der Waals surface area contributed by atoms with Crippen LogP contribution in [0.1, 0.15) is 200 Å². The van der Waals surface area contributed by atoms with Crippen LogP contribution in [0.5, 0.6) is 0 Å². The quantitative estimate of drug-likeness (QED) is 0.0177. The van der Waals surface area contributed by atoms with E-state index in [0.29, 0.717) is 12.8 Å². The molecule has 11 heteroatoms. The van der Waals surface area contributed by atoms with Crippen molar-refractivity contribution in [1.29, 1.82) is 0 Å². The minimum Gasteiger partial charge on any atom is -0.462 e. The molecule has 0 spiro atoms. The summed E-state index contributed by atoms with van der Waals surface area (Å²) in [6.45, 7) is 3.44. The molecule has 0 aromatic heterocycles. The molecule has 0 aromatic carbocycles. The fourth-order valence-corrected chi connectivity index (χ4v) is 7.33. The van der Waals surface area contributed by atoms with Crippen molar-refractivity contribution in [2.75, 3.05) is 26.4 Å². The monoisotopic (exact) mass is 892 g/mol. The molecule has 0 heterocycles. The lowest BCUT2D eigenvalue weighted by Crippen LogP contribution is -2.29. The number of unbranched alkanes of at least 4 members (excludes halogenated alkanes) is 20. The molecule has 0 amide bonds. The number of allylic oxidation sites excluding steroid dienone is 10. The van der Waals surface area contributed by atoms with Crippen LogP contribution in [-0.4, -0.2) is 60.5 Å². The third-order valence-corrected chi connectivity index (χ3v) is 11.2. The second kappa shape index (κ2) is 46.4. The summed E-state index contributed by atoms with van der Waals surface area (Å²) < 4.78 is 32.8. The number of hydrogen-bond acceptors (Lipinski definition) is 9. The van der Waals surface area contributed by atoms with E-state index in [1.165, 1.54) is 116 Å². The number of esters is 2. The molecule has 2 unspecified atom stereocenters. The van der Waals surface area contributed by atoms with E-state index in [4.69, 9.17) is 24.3 Å². The Morgan fingerprint density at radius 1 is 0.581 bits per heavy atom. The fraction of sp³-hybridized carbons (Fsp3) is 0.725. The molecule has 0 radical (unpaired) electrons. The third kappa shape index (κ3) is 45.4. The number of phosphoric acid groups is 1. The number of carbonyl (C=O) groups is 2. The summed E-state index contributed by atoms with van der Waals surface area (Å²) in [5.74, 6) is -0.945. The van der Waals surface area contributed by atoms with Gasteiger partial charge in [0.1, 0.15) is 6.61 Å². The van der Waals surface area contributed by atoms with E-state index in [1.807, 2.05) is 42.5 Å². The van der Waals surface area contributed by atoms with Gasteiger partial charge in [-0.3, -0.25) is 18.6 Å². The summed E-state index contributed by atoms with van der Waals surface area (Å²) in [6.07, 6.45) is 54.3. The second-order valence-corrected chi connectivity index (χ2v) is 17.6. The van der Waals surface area contributed by atoms with E-state index < -0.39 is 38.6 Å². The van der Waals surface area contributed by atoms with Gasteiger partial charge in [0.2, 0.25) is 0 Å². The predicted molar refractivity (Wildman–Crippen MR) is 258 cm³/mol. The van der Waals surface area contributed by atoms with E-state index in [-0.39, 0.29) is 32.6 Å². The molecule has 0 aliphatic rings. The van der Waals surface area contributed by atoms with Gasteiger partial charge in [0.25, 0.3) is 0 Å². The summed E-state index contributed by atoms with van der Waals surface area (Å²) in [4.78, 5) is 35.0. The fourth-order valence-electron chi connectivity index (χ4n) is 6.57. The Hall–Kier alpha value is -2.59. The summed E-state index contributed by atoms with van der Waals surface area (Å²) in [6, 6.07) is 0. The molecule has 0 fully saturated rings. The first-order valence-electron chi connectivity index (χ1n) is 24.5. The first-order valence-corrected chi connectivity index (χ1v) is 26.0. The topological polar surface area (TPSA) is 155 Å². The van der Waals surface area contributed by atoms with Crippen LogP contribution in [-0.2, 0) is 32.7 Å². The largest absolute Gasteiger partial charge is 0.472 e. The average molecular weight is 892 g/mol. The maximum Gasteiger partial charge on any atom is 0.472 e. The SMILES string of the molecule is CC/C=C\CC(O)/C=C/C=C/C/C=C\C/C=C\C/C=C\CCC(=O)O[C@H](COC(=O)CCCCCCCCCCCCCCCCCCCCCCC)COP(=O)(O)OCCN. The molecule has 0 saturated carbocycles. The third-order valence-electron chi connectivity index (χ3n) is 10.2. The van der Waals surface area contributed by atoms with Crippen molar-refractivity contribution >= 4 is 19.8 Å². The van der Waals surface area contributed by atoms with E-state index in [1.54, 1.807) is 6.08 Å². The highest BCUT2D eigenvalue weighted by Gasteiger charge is 2.25. The number of ether oxygens (including phenoxy) is 2. The summed E-state index contributed by atoms with van der Waals surface area (Å²) in [7, 11) is -4.41. The van der Waals surface area contributed by atoms with Crippen LogP contribution < -0.4 is 5.73 Å². The van der Waals surface area contributed by atoms with Gasteiger partial charge in [0.15, 0.2) is 6.10 Å². The second-order valence-electron chi connectivity index (χ2n) is 16.2. The Morgan fingerprint density at radius 2 is 1.08 bits per heavy atom. The molecule has 0 aromatic rings. The molecule has 358 valence electrons. The maximum atomic E-state index is 12.6. The van der Waals surface area contributed by atoms with Gasteiger partial charge >= 0.3 is 19.8 Å². The number of aliphatic hydroxyl groups is 1. The van der Waals surface area contributed by atoms with Crippen LogP contribution >= 0.6 is 7.82 Å². The van der Waals surface area contributed by atoms with Crippen molar-refractivity contribution in [2.24, 2.45) is 5.73 Å². The number of rotatable bonds is 45. The highest BCUT2D eigenvalue weighted by Crippen LogP contribution is 2.43. The van der Waals surface area contributed by atoms with Crippen LogP contribution in [0, 0.1) is 0 Å². The highest BCUT2D eigenvalue weighted by atomic mass is 31.2. The molecule has 3 atom stereocenters. The molecule has 62 heavy (non-hydrogen) atoms. The maximum absolute atomic E-state index is 12.6. The zero-order valence-electron chi connectivity index (χ0n) is 39.2. The van der Waals surface area contributed by atoms with Crippen LogP contribution in [0.25, 0.3) is 0 Å². The number of nitrogens with two attached hydrogens (primary N) is 1. The van der Waals surface area contributed by atoms with Crippen LogP contribution in [0.3, 0.4) is 0 Å². The standard InChI is InChI=1S/C51H90NO9P/c1-3-5-7-8-9-10-11-12-13-14-15-16-17-18-19-22-25-28-31-34-38-42-50(54)58-46-49(47-60-62(56,57)59-45-44-52)61-51(55)43-39-35-32-29-26-23-20-21-24-27-30-33-37-41-48(53)40-36-6-4-2/h6,21,23-24,26,30,32-33,35-37,41,48-49,53H,3-5,7-20,22,25,27-29,31,34,38-40,42-47,52H2,1-2H3,(H,56,57)/b24-21-,26-23-,33-30+,35-32-,36-6-,41-37+/t48?,49-/m1/s1. The minimum atomic E-state index is -4.41. The molecule has 0 aliphatic heterocycles. The normalized spacial score (nSPS) is 14.3. The first-order chi connectivity index (χ1) is 30.2. The molecular formula is C51H90NO9P. The van der Waals surface area contributed by atoms with Crippen LogP contribution in [0.2, 0.25) is 0 Å². The van der Waals surface area contributed by atoms with Crippen molar-refractivity contribution in [1.82, 2.24) is 0 Å². The van der Waals surface area contributed by atoms with E-state index >= 15 is 0 Å². The molecular weight excluding hydrogens is 802 g/mol. The highest BCUT2D eigenvalue weighted by molar-refractivity contribution is 7.47. The summed E-state index contributed by atoms with van der Waals surface area (Å²) in [5.41, 5.74) is 5.35. The van der Waals surface area contributed by atoms with E-state index in [0.717, 1.165) is 44.9 Å². The Kier molecular flexibility index (Phi) is 44.5. The molecule has 0 bridgehead atoms. The van der Waals surface area contributed by atoms with E-state index in [9.17, 15) is 24.2 Å². The zero-order chi connectivity index (χ0) is 45.5. The number of phosphoric ester groups is 1. The van der Waals surface area contributed by atoms with Crippen molar-refractivity contribution < 1.29 is 42.7 Å². The molecule has 10 nitrogen and oxygen atoms in total. The van der Waals surface area contributed by atoms with Gasteiger partial charge in [-0.05, 0) is 44.9 Å². The zero-order valence-corrected chi connectivity index (χ0v) is 40.1. The van der Waals surface area contributed by atoms with Gasteiger partial charge in [-0.1, -0.05) is 215 Å². The van der Waals surface area contributed by atoms with Gasteiger partial charge in [0.05, 0.1) is 19.3 Å². The molecule has 0 saturated heterocycles. The van der Waals surface area contributed by atoms with Crippen LogP contribution in [0.15, 0.2) is 72.9 Å². The summed E-state index contributed by atoms with van der Waals surface area (Å²) in [5, 5.41) is 9.85. The smallest absolute Gasteiger partial charge is 0.462 e. The van der Waals surface area contributed by atoms with Gasteiger partial charge in [0, 0.05) is 19.4 Å². The Balaban J connectivity index is 4.20. The first kappa shape index (κ1) is 59.4. The Bertz CT molecular complexity index is 1260. The Morgan fingerprint density at radius 3 is 1.60 bits per heavy atom.